The number of carbonyl (C=O) groups is 2. The van der Waals surface area contributed by atoms with E-state index in [4.69, 9.17) is 9.47 Å². The van der Waals surface area contributed by atoms with Gasteiger partial charge in [0.05, 0.1) is 19.2 Å². The first-order chi connectivity index (χ1) is 13.4. The SMILES string of the molecule is COc1ccc(COC(=O)N/N=C(\C)CC(=O)Nc2ccc(F)cc2F)cc1. The van der Waals surface area contributed by atoms with E-state index in [0.29, 0.717) is 11.8 Å². The molecule has 0 saturated heterocycles. The van der Waals surface area contributed by atoms with Crippen LogP contribution in [0.4, 0.5) is 19.3 Å². The first-order valence-electron chi connectivity index (χ1n) is 8.21. The largest absolute Gasteiger partial charge is 0.497 e. The molecule has 0 bridgehead atoms. The molecular weight excluding hydrogens is 372 g/mol. The van der Waals surface area contributed by atoms with Crippen LogP contribution in [-0.2, 0) is 16.1 Å². The Kier molecular flexibility index (Phi) is 7.44. The van der Waals surface area contributed by atoms with Crippen molar-refractivity contribution >= 4 is 23.4 Å². The van der Waals surface area contributed by atoms with E-state index in [2.05, 4.69) is 15.8 Å². The lowest BCUT2D eigenvalue weighted by Crippen LogP contribution is -2.22. The van der Waals surface area contributed by atoms with Gasteiger partial charge in [-0.1, -0.05) is 12.1 Å². The minimum absolute atomic E-state index is 0.0364. The lowest BCUT2D eigenvalue weighted by Gasteiger charge is -2.07. The van der Waals surface area contributed by atoms with E-state index >= 15 is 0 Å². The van der Waals surface area contributed by atoms with Crippen LogP contribution in [-0.4, -0.2) is 24.8 Å². The zero-order valence-corrected chi connectivity index (χ0v) is 15.3. The van der Waals surface area contributed by atoms with Gasteiger partial charge in [-0.3, -0.25) is 4.79 Å². The molecule has 148 valence electrons. The fourth-order valence-corrected chi connectivity index (χ4v) is 2.10. The second-order valence-corrected chi connectivity index (χ2v) is 5.73. The number of halogens is 2. The summed E-state index contributed by atoms with van der Waals surface area (Å²) in [6, 6.07) is 9.78. The fourth-order valence-electron chi connectivity index (χ4n) is 2.10. The number of hydrogen-bond acceptors (Lipinski definition) is 5. The van der Waals surface area contributed by atoms with Crippen molar-refractivity contribution < 1.29 is 27.8 Å². The second kappa shape index (κ2) is 10.0. The molecule has 28 heavy (non-hydrogen) atoms. The molecule has 0 saturated carbocycles. The van der Waals surface area contributed by atoms with Crippen LogP contribution in [0.25, 0.3) is 0 Å². The van der Waals surface area contributed by atoms with Gasteiger partial charge in [0, 0.05) is 11.8 Å². The highest BCUT2D eigenvalue weighted by atomic mass is 19.1. The molecule has 2 amide bonds. The highest BCUT2D eigenvalue weighted by Gasteiger charge is 2.10. The molecule has 0 aliphatic heterocycles. The van der Waals surface area contributed by atoms with Crippen LogP contribution in [0.3, 0.4) is 0 Å². The normalized spacial score (nSPS) is 10.9. The average Bonchev–Trinajstić information content (AvgIpc) is 2.67. The zero-order valence-electron chi connectivity index (χ0n) is 15.3. The smallest absolute Gasteiger partial charge is 0.428 e. The summed E-state index contributed by atoms with van der Waals surface area (Å²) in [5, 5.41) is 6.04. The van der Waals surface area contributed by atoms with Crippen molar-refractivity contribution in [2.75, 3.05) is 12.4 Å². The van der Waals surface area contributed by atoms with Crippen molar-refractivity contribution in [3.8, 4) is 5.75 Å². The van der Waals surface area contributed by atoms with Crippen LogP contribution in [0, 0.1) is 11.6 Å². The third-order valence-electron chi connectivity index (χ3n) is 3.49. The summed E-state index contributed by atoms with van der Waals surface area (Å²) < 4.78 is 36.4. The second-order valence-electron chi connectivity index (χ2n) is 5.73. The summed E-state index contributed by atoms with van der Waals surface area (Å²) in [7, 11) is 1.55. The number of nitrogens with one attached hydrogen (secondary N) is 2. The van der Waals surface area contributed by atoms with Crippen LogP contribution in [0.15, 0.2) is 47.6 Å². The molecule has 0 atom stereocenters. The summed E-state index contributed by atoms with van der Waals surface area (Å²) in [6.07, 6.45) is -0.990. The van der Waals surface area contributed by atoms with Crippen LogP contribution >= 0.6 is 0 Å². The van der Waals surface area contributed by atoms with E-state index in [1.165, 1.54) is 6.92 Å². The maximum absolute atomic E-state index is 13.5. The Labute approximate surface area is 160 Å². The number of nitrogens with zero attached hydrogens (tertiary/aromatic N) is 1. The lowest BCUT2D eigenvalue weighted by molar-refractivity contribution is -0.115. The topological polar surface area (TPSA) is 89.0 Å². The van der Waals surface area contributed by atoms with E-state index in [-0.39, 0.29) is 24.4 Å². The van der Waals surface area contributed by atoms with Gasteiger partial charge in [0.15, 0.2) is 0 Å². The maximum atomic E-state index is 13.5. The molecule has 0 heterocycles. The van der Waals surface area contributed by atoms with Gasteiger partial charge in [0.1, 0.15) is 24.0 Å². The molecule has 0 aromatic heterocycles. The molecule has 2 N–H and O–H groups in total. The van der Waals surface area contributed by atoms with E-state index in [1.807, 2.05) is 0 Å². The number of rotatable bonds is 7. The van der Waals surface area contributed by atoms with Crippen molar-refractivity contribution in [3.63, 3.8) is 0 Å². The van der Waals surface area contributed by atoms with Gasteiger partial charge in [-0.25, -0.2) is 19.0 Å². The Morgan fingerprint density at radius 1 is 1.11 bits per heavy atom. The molecular formula is C19H19F2N3O4. The summed E-state index contributed by atoms with van der Waals surface area (Å²) in [6.45, 7) is 1.54. The number of hydrogen-bond donors (Lipinski definition) is 2. The van der Waals surface area contributed by atoms with E-state index in [1.54, 1.807) is 31.4 Å². The minimum Gasteiger partial charge on any atom is -0.497 e. The molecule has 0 unspecified atom stereocenters. The molecule has 2 aromatic carbocycles. The molecule has 2 rings (SSSR count). The number of ether oxygens (including phenoxy) is 2. The first kappa shape index (κ1) is 20.8. The minimum atomic E-state index is -0.886. The third-order valence-corrected chi connectivity index (χ3v) is 3.49. The predicted octanol–water partition coefficient (Wildman–Crippen LogP) is 3.60. The molecule has 0 spiro atoms. The highest BCUT2D eigenvalue weighted by Crippen LogP contribution is 2.15. The van der Waals surface area contributed by atoms with Gasteiger partial charge in [-0.2, -0.15) is 5.10 Å². The Morgan fingerprint density at radius 2 is 1.82 bits per heavy atom. The van der Waals surface area contributed by atoms with Crippen LogP contribution < -0.4 is 15.5 Å². The van der Waals surface area contributed by atoms with Gasteiger partial charge < -0.3 is 14.8 Å². The standard InChI is InChI=1S/C19H19F2N3O4/c1-12(9-18(25)22-17-8-5-14(20)10-16(17)21)23-24-19(26)28-11-13-3-6-15(27-2)7-4-13/h3-8,10H,9,11H2,1-2H3,(H,22,25)(H,24,26)/b23-12+. The Balaban J connectivity index is 1.77. The van der Waals surface area contributed by atoms with E-state index in [0.717, 1.165) is 17.7 Å². The Hall–Kier alpha value is -3.49. The lowest BCUT2D eigenvalue weighted by atomic mass is 10.2. The predicted molar refractivity (Wildman–Crippen MR) is 99.0 cm³/mol. The fraction of sp³-hybridized carbons (Fsp3) is 0.211. The maximum Gasteiger partial charge on any atom is 0.428 e. The summed E-state index contributed by atoms with van der Waals surface area (Å²) in [5.41, 5.74) is 3.04. The van der Waals surface area contributed by atoms with Crippen LogP contribution in [0.2, 0.25) is 0 Å². The van der Waals surface area contributed by atoms with Crippen molar-refractivity contribution in [1.82, 2.24) is 5.43 Å². The number of anilines is 1. The quantitative estimate of drug-likeness (QED) is 0.558. The zero-order chi connectivity index (χ0) is 20.5. The molecule has 0 aliphatic carbocycles. The summed E-state index contributed by atoms with van der Waals surface area (Å²) in [4.78, 5) is 23.5. The highest BCUT2D eigenvalue weighted by molar-refractivity contribution is 6.05. The van der Waals surface area contributed by atoms with Crippen molar-refractivity contribution in [2.24, 2.45) is 5.10 Å². The van der Waals surface area contributed by atoms with Gasteiger partial charge in [-0.05, 0) is 36.8 Å². The molecule has 0 fully saturated rings. The van der Waals surface area contributed by atoms with Crippen LogP contribution in [0.1, 0.15) is 18.9 Å². The molecule has 9 heteroatoms. The van der Waals surface area contributed by atoms with E-state index in [9.17, 15) is 18.4 Å². The van der Waals surface area contributed by atoms with Gasteiger partial charge in [0.25, 0.3) is 0 Å². The number of amides is 2. The van der Waals surface area contributed by atoms with Gasteiger partial charge in [-0.15, -0.1) is 0 Å². The van der Waals surface area contributed by atoms with Crippen molar-refractivity contribution in [2.45, 2.75) is 20.0 Å². The molecule has 0 radical (unpaired) electrons. The molecule has 0 aliphatic rings. The third kappa shape index (κ3) is 6.67. The van der Waals surface area contributed by atoms with Crippen molar-refractivity contribution in [1.29, 1.82) is 0 Å². The van der Waals surface area contributed by atoms with Crippen LogP contribution in [0.5, 0.6) is 5.75 Å². The molecule has 7 nitrogen and oxygen atoms in total. The Morgan fingerprint density at radius 3 is 2.46 bits per heavy atom. The number of carbonyl (C=O) groups excluding carboxylic acids is 2. The Bertz CT molecular complexity index is 870. The number of methoxy groups -OCH3 is 1. The van der Waals surface area contributed by atoms with Crippen molar-refractivity contribution in [3.05, 3.63) is 59.7 Å². The van der Waals surface area contributed by atoms with Gasteiger partial charge in [0.2, 0.25) is 5.91 Å². The van der Waals surface area contributed by atoms with E-state index < -0.39 is 23.6 Å². The van der Waals surface area contributed by atoms with Gasteiger partial charge >= 0.3 is 6.09 Å². The number of hydrazone groups is 1. The summed E-state index contributed by atoms with van der Waals surface area (Å²) in [5.74, 6) is -1.51. The number of benzene rings is 2. The average molecular weight is 391 g/mol. The summed E-state index contributed by atoms with van der Waals surface area (Å²) >= 11 is 0. The molecule has 2 aromatic rings. The first-order valence-corrected chi connectivity index (χ1v) is 8.21. The monoisotopic (exact) mass is 391 g/mol.